The number of benzene rings is 1. The third-order valence-electron chi connectivity index (χ3n) is 3.09. The lowest BCUT2D eigenvalue weighted by Gasteiger charge is -2.09. The van der Waals surface area contributed by atoms with E-state index in [2.05, 4.69) is 39.0 Å². The topological polar surface area (TPSA) is 0 Å². The van der Waals surface area contributed by atoms with Crippen LogP contribution in [0.2, 0.25) is 0 Å². The zero-order valence-corrected chi connectivity index (χ0v) is 9.35. The minimum atomic E-state index is 1.16. The molecule has 2 rings (SSSR count). The van der Waals surface area contributed by atoms with E-state index in [0.29, 0.717) is 0 Å². The predicted molar refractivity (Wildman–Crippen MR) is 62.6 cm³/mol. The first-order valence-corrected chi connectivity index (χ1v) is 5.56. The van der Waals surface area contributed by atoms with Crippen LogP contribution >= 0.6 is 0 Å². The van der Waals surface area contributed by atoms with Crippen LogP contribution < -0.4 is 0 Å². The maximum atomic E-state index is 2.40. The van der Waals surface area contributed by atoms with E-state index < -0.39 is 0 Å². The van der Waals surface area contributed by atoms with Gasteiger partial charge in [0.1, 0.15) is 0 Å². The normalized spacial score (nSPS) is 14.1. The maximum absolute atomic E-state index is 2.40. The molecule has 0 unspecified atom stereocenters. The van der Waals surface area contributed by atoms with E-state index in [1.807, 2.05) is 0 Å². The third kappa shape index (κ3) is 1.50. The second-order valence-electron chi connectivity index (χ2n) is 4.19. The Bertz CT molecular complexity index is 383. The molecule has 0 amide bonds. The quantitative estimate of drug-likeness (QED) is 0.659. The SMILES string of the molecule is CCc1cc2c(cc1CC)CC(C)=C2. The van der Waals surface area contributed by atoms with Crippen LogP contribution in [0, 0.1) is 0 Å². The largest absolute Gasteiger partial charge is 0.0683 e. The Labute approximate surface area is 86.7 Å². The van der Waals surface area contributed by atoms with E-state index in [4.69, 9.17) is 0 Å². The summed E-state index contributed by atoms with van der Waals surface area (Å²) in [6.45, 7) is 6.71. The van der Waals surface area contributed by atoms with E-state index in [9.17, 15) is 0 Å². The molecule has 0 bridgehead atoms. The number of rotatable bonds is 2. The van der Waals surface area contributed by atoms with E-state index >= 15 is 0 Å². The summed E-state index contributed by atoms with van der Waals surface area (Å²) in [5, 5.41) is 0. The summed E-state index contributed by atoms with van der Waals surface area (Å²) in [4.78, 5) is 0. The third-order valence-corrected chi connectivity index (χ3v) is 3.09. The van der Waals surface area contributed by atoms with Gasteiger partial charge in [-0.1, -0.05) is 37.6 Å². The van der Waals surface area contributed by atoms with Gasteiger partial charge in [-0.3, -0.25) is 0 Å². The van der Waals surface area contributed by atoms with Gasteiger partial charge >= 0.3 is 0 Å². The molecule has 0 aliphatic heterocycles. The molecule has 1 aromatic carbocycles. The highest BCUT2D eigenvalue weighted by molar-refractivity contribution is 5.65. The van der Waals surface area contributed by atoms with Crippen molar-refractivity contribution in [1.82, 2.24) is 0 Å². The molecule has 0 radical (unpaired) electrons. The average Bonchev–Trinajstić information content (AvgIpc) is 2.54. The molecule has 14 heavy (non-hydrogen) atoms. The zero-order valence-electron chi connectivity index (χ0n) is 9.35. The molecule has 1 aliphatic rings. The summed E-state index contributed by atoms with van der Waals surface area (Å²) < 4.78 is 0. The van der Waals surface area contributed by atoms with E-state index in [0.717, 1.165) is 19.3 Å². The molecule has 0 heterocycles. The van der Waals surface area contributed by atoms with E-state index in [1.165, 1.54) is 27.8 Å². The van der Waals surface area contributed by atoms with Crippen molar-refractivity contribution in [1.29, 1.82) is 0 Å². The summed E-state index contributed by atoms with van der Waals surface area (Å²) in [7, 11) is 0. The summed E-state index contributed by atoms with van der Waals surface area (Å²) >= 11 is 0. The number of fused-ring (bicyclic) bond motifs is 1. The first-order chi connectivity index (χ1) is 6.74. The smallest absolute Gasteiger partial charge is 0.00605 e. The maximum Gasteiger partial charge on any atom is -0.00605 e. The predicted octanol–water partition coefficient (Wildman–Crippen LogP) is 3.77. The Hall–Kier alpha value is -1.04. The van der Waals surface area contributed by atoms with Crippen molar-refractivity contribution in [2.45, 2.75) is 40.0 Å². The molecule has 74 valence electrons. The molecule has 1 aromatic rings. The lowest BCUT2D eigenvalue weighted by molar-refractivity contribution is 1.02. The van der Waals surface area contributed by atoms with E-state index in [-0.39, 0.29) is 0 Å². The van der Waals surface area contributed by atoms with Gasteiger partial charge in [0.15, 0.2) is 0 Å². The Morgan fingerprint density at radius 2 is 1.71 bits per heavy atom. The fourth-order valence-electron chi connectivity index (χ4n) is 2.32. The minimum absolute atomic E-state index is 1.16. The lowest BCUT2D eigenvalue weighted by atomic mass is 9.96. The van der Waals surface area contributed by atoms with E-state index in [1.54, 1.807) is 0 Å². The molecular formula is C14H18. The molecule has 0 saturated heterocycles. The fraction of sp³-hybridized carbons (Fsp3) is 0.429. The van der Waals surface area contributed by atoms with Crippen molar-refractivity contribution in [2.24, 2.45) is 0 Å². The first kappa shape index (κ1) is 9.51. The Morgan fingerprint density at radius 3 is 2.36 bits per heavy atom. The van der Waals surface area contributed by atoms with Crippen molar-refractivity contribution in [2.75, 3.05) is 0 Å². The van der Waals surface area contributed by atoms with Gasteiger partial charge in [0.2, 0.25) is 0 Å². The molecule has 0 N–H and O–H groups in total. The van der Waals surface area contributed by atoms with Gasteiger partial charge in [0, 0.05) is 0 Å². The molecule has 0 heteroatoms. The molecule has 0 nitrogen and oxygen atoms in total. The zero-order chi connectivity index (χ0) is 10.1. The van der Waals surface area contributed by atoms with Crippen molar-refractivity contribution >= 4 is 6.08 Å². The van der Waals surface area contributed by atoms with Gasteiger partial charge < -0.3 is 0 Å². The fourth-order valence-corrected chi connectivity index (χ4v) is 2.32. The molecule has 0 atom stereocenters. The minimum Gasteiger partial charge on any atom is -0.0683 e. The molecule has 0 saturated carbocycles. The number of aryl methyl sites for hydroxylation is 2. The van der Waals surface area contributed by atoms with Crippen LogP contribution in [0.15, 0.2) is 17.7 Å². The number of hydrogen-bond acceptors (Lipinski definition) is 0. The van der Waals surface area contributed by atoms with Crippen molar-refractivity contribution in [3.05, 3.63) is 40.0 Å². The van der Waals surface area contributed by atoms with Gasteiger partial charge in [-0.2, -0.15) is 0 Å². The summed E-state index contributed by atoms with van der Waals surface area (Å²) in [6.07, 6.45) is 5.80. The average molecular weight is 186 g/mol. The second-order valence-corrected chi connectivity index (χ2v) is 4.19. The van der Waals surface area contributed by atoms with Crippen molar-refractivity contribution in [3.8, 4) is 0 Å². The molecule has 1 aliphatic carbocycles. The summed E-state index contributed by atoms with van der Waals surface area (Å²) in [5.74, 6) is 0. The van der Waals surface area contributed by atoms with Crippen molar-refractivity contribution < 1.29 is 0 Å². The highest BCUT2D eigenvalue weighted by Crippen LogP contribution is 2.28. The number of hydrogen-bond donors (Lipinski definition) is 0. The second kappa shape index (κ2) is 3.61. The van der Waals surface area contributed by atoms with Crippen LogP contribution in [0.1, 0.15) is 43.0 Å². The van der Waals surface area contributed by atoms with Gasteiger partial charge in [0.05, 0.1) is 0 Å². The van der Waals surface area contributed by atoms with Crippen LogP contribution in [0.4, 0.5) is 0 Å². The Balaban J connectivity index is 2.49. The standard InChI is InChI=1S/C14H18/c1-4-11-8-13-6-10(3)7-14(13)9-12(11)5-2/h6,8-9H,4-5,7H2,1-3H3. The van der Waals surface area contributed by atoms with Gasteiger partial charge in [-0.25, -0.2) is 0 Å². The van der Waals surface area contributed by atoms with Crippen LogP contribution in [0.5, 0.6) is 0 Å². The first-order valence-electron chi connectivity index (χ1n) is 5.56. The molecule has 0 spiro atoms. The molecule has 0 fully saturated rings. The highest BCUT2D eigenvalue weighted by Gasteiger charge is 2.12. The van der Waals surface area contributed by atoms with Gasteiger partial charge in [-0.15, -0.1) is 0 Å². The number of allylic oxidation sites excluding steroid dienone is 1. The van der Waals surface area contributed by atoms with Crippen LogP contribution in [-0.2, 0) is 19.3 Å². The molecule has 0 aromatic heterocycles. The summed E-state index contributed by atoms with van der Waals surface area (Å²) in [5.41, 5.74) is 7.54. The van der Waals surface area contributed by atoms with Crippen LogP contribution in [0.25, 0.3) is 6.08 Å². The van der Waals surface area contributed by atoms with Gasteiger partial charge in [-0.05, 0) is 48.4 Å². The highest BCUT2D eigenvalue weighted by atomic mass is 14.2. The van der Waals surface area contributed by atoms with Crippen LogP contribution in [0.3, 0.4) is 0 Å². The monoisotopic (exact) mass is 186 g/mol. The summed E-state index contributed by atoms with van der Waals surface area (Å²) in [6, 6.07) is 4.78. The Kier molecular flexibility index (Phi) is 2.45. The molecular weight excluding hydrogens is 168 g/mol. The van der Waals surface area contributed by atoms with Gasteiger partial charge in [0.25, 0.3) is 0 Å². The van der Waals surface area contributed by atoms with Crippen LogP contribution in [-0.4, -0.2) is 0 Å². The van der Waals surface area contributed by atoms with Crippen molar-refractivity contribution in [3.63, 3.8) is 0 Å². The Morgan fingerprint density at radius 1 is 1.07 bits per heavy atom. The lowest BCUT2D eigenvalue weighted by Crippen LogP contribution is -1.94.